The average Bonchev–Trinajstić information content (AvgIpc) is 2.86. The number of alkyl carbamates (subject to hydrolysis) is 1. The Morgan fingerprint density at radius 3 is 2.37 bits per heavy atom. The number of carbonyl (C=O) groups is 3. The lowest BCUT2D eigenvalue weighted by molar-refractivity contribution is -0.173. The van der Waals surface area contributed by atoms with E-state index in [0.29, 0.717) is 28.3 Å². The van der Waals surface area contributed by atoms with Crippen LogP contribution >= 0.6 is 15.9 Å². The van der Waals surface area contributed by atoms with Crippen LogP contribution in [0.1, 0.15) is 31.1 Å². The predicted octanol–water partition coefficient (Wildman–Crippen LogP) is 3.99. The fourth-order valence-corrected chi connectivity index (χ4v) is 3.16. The van der Waals surface area contributed by atoms with Gasteiger partial charge in [-0.25, -0.2) is 4.79 Å². The summed E-state index contributed by atoms with van der Waals surface area (Å²) in [5.41, 5.74) is 9.53. The largest absolute Gasteiger partial charge is 0.471 e. The molecule has 0 fully saturated rings. The van der Waals surface area contributed by atoms with Crippen LogP contribution in [0, 0.1) is 0 Å². The molecule has 0 bridgehead atoms. The van der Waals surface area contributed by atoms with Gasteiger partial charge in [0.25, 0.3) is 0 Å². The average molecular weight is 609 g/mol. The Morgan fingerprint density at radius 2 is 1.79 bits per heavy atom. The molecular formula is C22H28BrF3N6O6. The highest BCUT2D eigenvalue weighted by Crippen LogP contribution is 2.27. The molecule has 1 aromatic rings. The van der Waals surface area contributed by atoms with E-state index < -0.39 is 30.6 Å². The smallest absolute Gasteiger partial charge is 0.434 e. The maximum absolute atomic E-state index is 12.2. The lowest BCUT2D eigenvalue weighted by atomic mass is 10.2. The van der Waals surface area contributed by atoms with Gasteiger partial charge < -0.3 is 29.6 Å². The van der Waals surface area contributed by atoms with Crippen LogP contribution in [-0.2, 0) is 23.8 Å². The number of halogens is 4. The monoisotopic (exact) mass is 608 g/mol. The fraction of sp³-hybridized carbons (Fsp3) is 0.500. The van der Waals surface area contributed by atoms with E-state index in [0.717, 1.165) is 0 Å². The summed E-state index contributed by atoms with van der Waals surface area (Å²) < 4.78 is 53.8. The summed E-state index contributed by atoms with van der Waals surface area (Å²) in [5.74, 6) is -2.02. The third-order valence-electron chi connectivity index (χ3n) is 4.53. The Bertz CT molecular complexity index is 977. The van der Waals surface area contributed by atoms with Gasteiger partial charge in [0.05, 0.1) is 13.2 Å². The minimum Gasteiger partial charge on any atom is -0.434 e. The molecule has 0 aliphatic rings. The van der Waals surface area contributed by atoms with Crippen molar-refractivity contribution in [3.8, 4) is 0 Å². The first kappa shape index (κ1) is 32.9. The summed E-state index contributed by atoms with van der Waals surface area (Å²) in [4.78, 5) is 35.9. The molecule has 0 saturated carbocycles. The van der Waals surface area contributed by atoms with Gasteiger partial charge in [0.2, 0.25) is 0 Å². The van der Waals surface area contributed by atoms with Crippen LogP contribution in [0.25, 0.3) is 10.4 Å². The second kappa shape index (κ2) is 18.1. The number of carbonyl (C=O) groups excluding carboxylic acids is 3. The zero-order chi connectivity index (χ0) is 28.4. The molecule has 1 aromatic carbocycles. The van der Waals surface area contributed by atoms with E-state index in [2.05, 4.69) is 43.2 Å². The van der Waals surface area contributed by atoms with Gasteiger partial charge in [-0.3, -0.25) is 10.1 Å². The van der Waals surface area contributed by atoms with E-state index in [1.165, 1.54) is 0 Å². The van der Waals surface area contributed by atoms with Gasteiger partial charge in [-0.15, -0.1) is 0 Å². The summed E-state index contributed by atoms with van der Waals surface area (Å²) in [6.07, 6.45) is -6.40. The first-order chi connectivity index (χ1) is 18.1. The molecule has 2 atom stereocenters. The molecule has 1 rings (SSSR count). The highest BCUT2D eigenvalue weighted by Gasteiger charge is 2.38. The van der Waals surface area contributed by atoms with Crippen molar-refractivity contribution in [1.29, 1.82) is 0 Å². The molecule has 0 aromatic heterocycles. The van der Waals surface area contributed by atoms with Gasteiger partial charge in [0, 0.05) is 34.5 Å². The van der Waals surface area contributed by atoms with Gasteiger partial charge in [-0.1, -0.05) is 45.8 Å². The minimum absolute atomic E-state index is 0.0117. The van der Waals surface area contributed by atoms with E-state index in [1.54, 1.807) is 29.6 Å². The Labute approximate surface area is 225 Å². The molecule has 0 saturated heterocycles. The Kier molecular flexibility index (Phi) is 15.7. The van der Waals surface area contributed by atoms with Crippen molar-refractivity contribution in [1.82, 2.24) is 16.0 Å². The molecule has 0 radical (unpaired) electrons. The van der Waals surface area contributed by atoms with E-state index in [9.17, 15) is 27.6 Å². The zero-order valence-electron chi connectivity index (χ0n) is 20.2. The van der Waals surface area contributed by atoms with Gasteiger partial charge in [0.1, 0.15) is 19.2 Å². The fourth-order valence-electron chi connectivity index (χ4n) is 2.69. The van der Waals surface area contributed by atoms with Crippen LogP contribution in [0.15, 0.2) is 46.0 Å². The van der Waals surface area contributed by atoms with Gasteiger partial charge in [-0.05, 0) is 30.0 Å². The van der Waals surface area contributed by atoms with Crippen LogP contribution in [0.4, 0.5) is 18.0 Å². The van der Waals surface area contributed by atoms with Crippen LogP contribution in [0.2, 0.25) is 0 Å². The number of ether oxygens (including phenoxy) is 3. The quantitative estimate of drug-likeness (QED) is 0.0431. The van der Waals surface area contributed by atoms with E-state index in [1.807, 2.05) is 0 Å². The molecule has 3 N–H and O–H groups in total. The normalized spacial score (nSPS) is 12.5. The predicted molar refractivity (Wildman–Crippen MR) is 132 cm³/mol. The lowest BCUT2D eigenvalue weighted by Crippen LogP contribution is -2.37. The molecule has 38 heavy (non-hydrogen) atoms. The first-order valence-corrected chi connectivity index (χ1v) is 12.0. The summed E-state index contributed by atoms with van der Waals surface area (Å²) in [6.45, 7) is 3.44. The zero-order valence-corrected chi connectivity index (χ0v) is 21.8. The molecule has 2 amide bonds. The van der Waals surface area contributed by atoms with E-state index >= 15 is 0 Å². The van der Waals surface area contributed by atoms with Crippen molar-refractivity contribution in [2.75, 3.05) is 33.0 Å². The number of nitrogens with zero attached hydrogens (tertiary/aromatic N) is 3. The summed E-state index contributed by atoms with van der Waals surface area (Å²) in [6, 6.07) is 7.06. The SMILES string of the molecule is C=C(CC=O)C(N=[N+]=[N-])NCOC(=O)NCCCOC(OCCCNC(=O)C(F)(F)F)c1ccccc1Br. The van der Waals surface area contributed by atoms with Crippen molar-refractivity contribution < 1.29 is 41.8 Å². The number of rotatable bonds is 18. The molecular weight excluding hydrogens is 581 g/mol. The number of hydrogen-bond acceptors (Lipinski definition) is 8. The highest BCUT2D eigenvalue weighted by molar-refractivity contribution is 9.10. The van der Waals surface area contributed by atoms with Crippen LogP contribution < -0.4 is 16.0 Å². The Morgan fingerprint density at radius 1 is 1.16 bits per heavy atom. The minimum atomic E-state index is -4.95. The van der Waals surface area contributed by atoms with Crippen LogP contribution in [0.5, 0.6) is 0 Å². The molecule has 0 aliphatic carbocycles. The molecule has 2 unspecified atom stereocenters. The maximum Gasteiger partial charge on any atom is 0.471 e. The number of alkyl halides is 3. The van der Waals surface area contributed by atoms with Crippen molar-refractivity contribution in [2.45, 2.75) is 37.9 Å². The van der Waals surface area contributed by atoms with Crippen molar-refractivity contribution in [2.24, 2.45) is 5.11 Å². The van der Waals surface area contributed by atoms with Gasteiger partial charge >= 0.3 is 18.2 Å². The molecule has 0 heterocycles. The molecule has 0 aliphatic heterocycles. The number of aldehydes is 1. The van der Waals surface area contributed by atoms with Gasteiger partial charge in [0.15, 0.2) is 6.29 Å². The first-order valence-electron chi connectivity index (χ1n) is 11.2. The van der Waals surface area contributed by atoms with Crippen molar-refractivity contribution in [3.05, 3.63) is 56.9 Å². The number of amides is 2. The summed E-state index contributed by atoms with van der Waals surface area (Å²) in [5, 5.41) is 10.3. The lowest BCUT2D eigenvalue weighted by Gasteiger charge is -2.20. The molecule has 12 nitrogen and oxygen atoms in total. The topological polar surface area (TPSA) is 164 Å². The van der Waals surface area contributed by atoms with E-state index in [-0.39, 0.29) is 45.9 Å². The summed E-state index contributed by atoms with van der Waals surface area (Å²) in [7, 11) is 0. The van der Waals surface area contributed by atoms with Crippen molar-refractivity contribution >= 4 is 34.2 Å². The third kappa shape index (κ3) is 13.4. The molecule has 16 heteroatoms. The summed E-state index contributed by atoms with van der Waals surface area (Å²) >= 11 is 3.39. The second-order valence-electron chi connectivity index (χ2n) is 7.40. The number of benzene rings is 1. The number of nitrogens with one attached hydrogen (secondary N) is 3. The number of hydrogen-bond donors (Lipinski definition) is 3. The van der Waals surface area contributed by atoms with E-state index in [4.69, 9.17) is 19.7 Å². The Balaban J connectivity index is 2.41. The third-order valence-corrected chi connectivity index (χ3v) is 5.25. The standard InChI is InChI=1S/C22H28BrF3N6O6/c1-15(8-11-33)18(31-32-27)30-14-38-21(35)29-10-5-13-37-19(16-6-2-3-7-17(16)23)36-12-4-9-28-20(34)22(24,25)26/h2-3,6-7,11,18-19,30H,1,4-5,8-10,12-14H2,(H,28,34)(H,29,35). The second-order valence-corrected chi connectivity index (χ2v) is 8.25. The highest BCUT2D eigenvalue weighted by atomic mass is 79.9. The molecule has 0 spiro atoms. The maximum atomic E-state index is 12.2. The Hall–Kier alpha value is -3.17. The van der Waals surface area contributed by atoms with Gasteiger partial charge in [-0.2, -0.15) is 13.2 Å². The van der Waals surface area contributed by atoms with Crippen LogP contribution in [0.3, 0.4) is 0 Å². The van der Waals surface area contributed by atoms with Crippen molar-refractivity contribution in [3.63, 3.8) is 0 Å². The van der Waals surface area contributed by atoms with Crippen LogP contribution in [-0.4, -0.2) is 63.7 Å². The number of azide groups is 1. The molecule has 210 valence electrons.